The number of halogens is 1. The van der Waals surface area contributed by atoms with Crippen LogP contribution in [0.5, 0.6) is 0 Å². The van der Waals surface area contributed by atoms with Crippen LogP contribution >= 0.6 is 23.8 Å². The predicted molar refractivity (Wildman–Crippen MR) is 156 cm³/mol. The van der Waals surface area contributed by atoms with E-state index in [1.54, 1.807) is 6.20 Å². The van der Waals surface area contributed by atoms with Crippen molar-refractivity contribution in [1.82, 2.24) is 10.3 Å². The first kappa shape index (κ1) is 25.9. The molecule has 0 aliphatic carbocycles. The fourth-order valence-corrected chi connectivity index (χ4v) is 5.17. The van der Waals surface area contributed by atoms with E-state index < -0.39 is 0 Å². The molecule has 1 aliphatic rings. The van der Waals surface area contributed by atoms with Gasteiger partial charge in [-0.2, -0.15) is 0 Å². The highest BCUT2D eigenvalue weighted by atomic mass is 35.5. The van der Waals surface area contributed by atoms with E-state index in [4.69, 9.17) is 28.2 Å². The van der Waals surface area contributed by atoms with E-state index in [9.17, 15) is 4.79 Å². The number of pyridine rings is 1. The summed E-state index contributed by atoms with van der Waals surface area (Å²) in [5.41, 5.74) is 5.48. The Balaban J connectivity index is 1.56. The number of thiocarbonyl (C=S) groups is 1. The van der Waals surface area contributed by atoms with Crippen LogP contribution in [-0.2, 0) is 4.79 Å². The number of furan rings is 1. The van der Waals surface area contributed by atoms with Crippen LogP contribution in [0.2, 0.25) is 5.02 Å². The number of hydrogen-bond donors (Lipinski definition) is 2. The largest absolute Gasteiger partial charge is 0.459 e. The number of aryl methyl sites for hydroxylation is 2. The maximum Gasteiger partial charge on any atom is 0.226 e. The molecule has 5 rings (SSSR count). The average Bonchev–Trinajstić information content (AvgIpc) is 3.51. The van der Waals surface area contributed by atoms with Crippen molar-refractivity contribution in [2.45, 2.75) is 39.8 Å². The van der Waals surface area contributed by atoms with Crippen LogP contribution in [0.4, 0.5) is 11.4 Å². The molecule has 2 atom stereocenters. The van der Waals surface area contributed by atoms with Crippen molar-refractivity contribution in [1.29, 1.82) is 0 Å². The summed E-state index contributed by atoms with van der Waals surface area (Å²) < 4.78 is 6.49. The number of rotatable bonds is 6. The van der Waals surface area contributed by atoms with Gasteiger partial charge in [-0.1, -0.05) is 37.6 Å². The van der Waals surface area contributed by atoms with Gasteiger partial charge in [0.15, 0.2) is 5.11 Å². The third kappa shape index (κ3) is 5.04. The topological polar surface area (TPSA) is 70.4 Å². The molecule has 3 heterocycles. The molecule has 0 radical (unpaired) electrons. The molecule has 194 valence electrons. The molecule has 1 saturated heterocycles. The first-order valence-corrected chi connectivity index (χ1v) is 13.3. The summed E-state index contributed by atoms with van der Waals surface area (Å²) in [6, 6.07) is 21.0. The van der Waals surface area contributed by atoms with Crippen molar-refractivity contribution in [3.05, 3.63) is 101 Å². The summed E-state index contributed by atoms with van der Waals surface area (Å²) in [4.78, 5) is 19.0. The van der Waals surface area contributed by atoms with E-state index in [-0.39, 0.29) is 23.9 Å². The second-order valence-electron chi connectivity index (χ2n) is 9.80. The molecule has 2 aromatic heterocycles. The highest BCUT2D eigenvalue weighted by molar-refractivity contribution is 7.80. The van der Waals surface area contributed by atoms with Crippen molar-refractivity contribution >= 4 is 46.2 Å². The molecule has 8 heteroatoms. The van der Waals surface area contributed by atoms with E-state index in [2.05, 4.69) is 20.5 Å². The SMILES string of the molecule is Cc1cc(N2C(=S)NC(c3ccccn3)C2c2ccc(-c3cc(Cl)ccc3C)o2)ccc1NC(=O)C(C)C. The van der Waals surface area contributed by atoms with Crippen LogP contribution in [0.1, 0.15) is 48.5 Å². The van der Waals surface area contributed by atoms with Crippen LogP contribution in [0, 0.1) is 19.8 Å². The Morgan fingerprint density at radius 2 is 1.89 bits per heavy atom. The number of nitrogens with one attached hydrogen (secondary N) is 2. The monoisotopic (exact) mass is 544 g/mol. The third-order valence-electron chi connectivity index (χ3n) is 6.75. The minimum atomic E-state index is -0.291. The van der Waals surface area contributed by atoms with E-state index >= 15 is 0 Å². The molecule has 0 spiro atoms. The predicted octanol–water partition coefficient (Wildman–Crippen LogP) is 7.38. The number of aromatic nitrogens is 1. The Morgan fingerprint density at radius 1 is 1.08 bits per heavy atom. The third-order valence-corrected chi connectivity index (χ3v) is 7.30. The number of anilines is 2. The Kier molecular flexibility index (Phi) is 7.23. The smallest absolute Gasteiger partial charge is 0.226 e. The fourth-order valence-electron chi connectivity index (χ4n) is 4.65. The molecule has 4 aromatic rings. The van der Waals surface area contributed by atoms with Gasteiger partial charge in [0, 0.05) is 34.1 Å². The van der Waals surface area contributed by atoms with Crippen molar-refractivity contribution in [2.24, 2.45) is 5.92 Å². The van der Waals surface area contributed by atoms with Gasteiger partial charge in [-0.3, -0.25) is 9.78 Å². The number of carbonyl (C=O) groups excluding carboxylic acids is 1. The van der Waals surface area contributed by atoms with Crippen molar-refractivity contribution in [3.63, 3.8) is 0 Å². The van der Waals surface area contributed by atoms with E-state index in [0.29, 0.717) is 10.1 Å². The van der Waals surface area contributed by atoms with Crippen molar-refractivity contribution in [3.8, 4) is 11.3 Å². The first-order valence-electron chi connectivity index (χ1n) is 12.5. The minimum Gasteiger partial charge on any atom is -0.459 e. The Labute approximate surface area is 233 Å². The zero-order chi connectivity index (χ0) is 27.0. The number of carbonyl (C=O) groups is 1. The molecule has 2 unspecified atom stereocenters. The second kappa shape index (κ2) is 10.6. The quantitative estimate of drug-likeness (QED) is 0.247. The number of benzene rings is 2. The van der Waals surface area contributed by atoms with Gasteiger partial charge in [0.1, 0.15) is 17.6 Å². The van der Waals surface area contributed by atoms with E-state index in [1.807, 2.05) is 94.4 Å². The summed E-state index contributed by atoms with van der Waals surface area (Å²) in [7, 11) is 0. The Morgan fingerprint density at radius 3 is 2.61 bits per heavy atom. The summed E-state index contributed by atoms with van der Waals surface area (Å²) in [5, 5.41) is 7.69. The molecule has 38 heavy (non-hydrogen) atoms. The summed E-state index contributed by atoms with van der Waals surface area (Å²) in [6.07, 6.45) is 1.78. The van der Waals surface area contributed by atoms with Gasteiger partial charge in [0.05, 0.1) is 11.7 Å². The second-order valence-corrected chi connectivity index (χ2v) is 10.6. The van der Waals surface area contributed by atoms with Crippen LogP contribution < -0.4 is 15.5 Å². The van der Waals surface area contributed by atoms with E-state index in [1.165, 1.54) is 0 Å². The number of nitrogens with zero attached hydrogens (tertiary/aromatic N) is 2. The molecule has 0 bridgehead atoms. The van der Waals surface area contributed by atoms with Gasteiger partial charge in [0.25, 0.3) is 0 Å². The molecule has 6 nitrogen and oxygen atoms in total. The van der Waals surface area contributed by atoms with Crippen molar-refractivity contribution < 1.29 is 9.21 Å². The van der Waals surface area contributed by atoms with Crippen LogP contribution in [-0.4, -0.2) is 16.0 Å². The lowest BCUT2D eigenvalue weighted by Gasteiger charge is -2.27. The fraction of sp³-hybridized carbons (Fsp3) is 0.233. The van der Waals surface area contributed by atoms with Crippen LogP contribution in [0.15, 0.2) is 77.3 Å². The Hall–Kier alpha value is -3.68. The maximum atomic E-state index is 12.3. The van der Waals surface area contributed by atoms with Gasteiger partial charge in [0.2, 0.25) is 5.91 Å². The zero-order valence-corrected chi connectivity index (χ0v) is 23.2. The van der Waals surface area contributed by atoms with Crippen LogP contribution in [0.25, 0.3) is 11.3 Å². The van der Waals surface area contributed by atoms with Gasteiger partial charge in [-0.25, -0.2) is 0 Å². The van der Waals surface area contributed by atoms with Crippen LogP contribution in [0.3, 0.4) is 0 Å². The lowest BCUT2D eigenvalue weighted by atomic mass is 10.0. The molecule has 0 saturated carbocycles. The normalized spacial score (nSPS) is 17.1. The molecule has 1 fully saturated rings. The highest BCUT2D eigenvalue weighted by Gasteiger charge is 2.42. The lowest BCUT2D eigenvalue weighted by Crippen LogP contribution is -2.29. The molecular formula is C30H29ClN4O2S. The molecule has 1 amide bonds. The standard InChI is InChI=1S/C30H29ClN4O2S/c1-17(2)29(36)33-23-11-10-21(15-19(23)4)35-28(27(34-30(35)38)24-7-5-6-14-32-24)26-13-12-25(37-26)22-16-20(31)9-8-18(22)3/h5-17,27-28H,1-4H3,(H,33,36)(H,34,38). The molecular weight excluding hydrogens is 516 g/mol. The summed E-state index contributed by atoms with van der Waals surface area (Å²) in [6.45, 7) is 7.76. The molecule has 2 aromatic carbocycles. The van der Waals surface area contributed by atoms with Gasteiger partial charge < -0.3 is 20.0 Å². The Bertz CT molecular complexity index is 1500. The summed E-state index contributed by atoms with van der Waals surface area (Å²) in [5.74, 6) is 1.36. The number of amides is 1. The molecule has 2 N–H and O–H groups in total. The highest BCUT2D eigenvalue weighted by Crippen LogP contribution is 2.43. The van der Waals surface area contributed by atoms with Gasteiger partial charge in [-0.05, 0) is 91.8 Å². The van der Waals surface area contributed by atoms with E-state index in [0.717, 1.165) is 45.3 Å². The van der Waals surface area contributed by atoms with Gasteiger partial charge >= 0.3 is 0 Å². The first-order chi connectivity index (χ1) is 18.2. The van der Waals surface area contributed by atoms with Gasteiger partial charge in [-0.15, -0.1) is 0 Å². The maximum absolute atomic E-state index is 12.3. The zero-order valence-electron chi connectivity index (χ0n) is 21.7. The molecule has 1 aliphatic heterocycles. The minimum absolute atomic E-state index is 0.0215. The summed E-state index contributed by atoms with van der Waals surface area (Å²) >= 11 is 12.1. The lowest BCUT2D eigenvalue weighted by molar-refractivity contribution is -0.118. The average molecular weight is 545 g/mol. The van der Waals surface area contributed by atoms with Crippen molar-refractivity contribution in [2.75, 3.05) is 10.2 Å². The number of hydrogen-bond acceptors (Lipinski definition) is 4.